The highest BCUT2D eigenvalue weighted by Gasteiger charge is 2.28. The zero-order valence-electron chi connectivity index (χ0n) is 10.0. The van der Waals surface area contributed by atoms with Gasteiger partial charge in [0.25, 0.3) is 0 Å². The first-order valence-electron chi connectivity index (χ1n) is 5.95. The van der Waals surface area contributed by atoms with Gasteiger partial charge in [-0.05, 0) is 35.9 Å². The van der Waals surface area contributed by atoms with Gasteiger partial charge in [0.2, 0.25) is 0 Å². The molecular weight excluding hydrogens is 244 g/mol. The third-order valence-corrected chi connectivity index (χ3v) is 3.15. The van der Waals surface area contributed by atoms with Crippen molar-refractivity contribution in [2.24, 2.45) is 0 Å². The van der Waals surface area contributed by atoms with Crippen LogP contribution in [0.1, 0.15) is 28.4 Å². The molecule has 19 heavy (non-hydrogen) atoms. The van der Waals surface area contributed by atoms with Crippen molar-refractivity contribution in [1.82, 2.24) is 0 Å². The van der Waals surface area contributed by atoms with Crippen LogP contribution < -0.4 is 4.74 Å². The Morgan fingerprint density at radius 3 is 2.63 bits per heavy atom. The van der Waals surface area contributed by atoms with Crippen molar-refractivity contribution in [3.63, 3.8) is 0 Å². The molecular formula is C15H12O4. The lowest BCUT2D eigenvalue weighted by Gasteiger charge is -2.25. The number of fused-ring (bicyclic) bond motifs is 1. The zero-order chi connectivity index (χ0) is 13.4. The van der Waals surface area contributed by atoms with Gasteiger partial charge in [-0.15, -0.1) is 0 Å². The van der Waals surface area contributed by atoms with Gasteiger partial charge in [0.1, 0.15) is 23.4 Å². The molecule has 0 saturated heterocycles. The summed E-state index contributed by atoms with van der Waals surface area (Å²) >= 11 is 0. The van der Waals surface area contributed by atoms with E-state index in [0.717, 1.165) is 5.56 Å². The fourth-order valence-corrected chi connectivity index (χ4v) is 2.22. The lowest BCUT2D eigenvalue weighted by molar-refractivity contribution is 0.0849. The molecule has 1 aliphatic rings. The number of carbonyl (C=O) groups is 1. The average molecular weight is 256 g/mol. The number of phenols is 2. The second-order valence-electron chi connectivity index (χ2n) is 4.51. The summed E-state index contributed by atoms with van der Waals surface area (Å²) in [5.74, 6) is 0.574. The minimum absolute atomic E-state index is 0.0477. The third kappa shape index (κ3) is 2.12. The van der Waals surface area contributed by atoms with Crippen LogP contribution in [0.2, 0.25) is 0 Å². The molecule has 2 aromatic rings. The number of ether oxygens (including phenoxy) is 1. The fourth-order valence-electron chi connectivity index (χ4n) is 2.22. The smallest absolute Gasteiger partial charge is 0.170 e. The molecule has 1 aliphatic heterocycles. The zero-order valence-corrected chi connectivity index (χ0v) is 10.0. The van der Waals surface area contributed by atoms with Gasteiger partial charge in [0.15, 0.2) is 5.78 Å². The van der Waals surface area contributed by atoms with Gasteiger partial charge in [-0.1, -0.05) is 12.1 Å². The first kappa shape index (κ1) is 11.6. The van der Waals surface area contributed by atoms with Crippen molar-refractivity contribution in [1.29, 1.82) is 0 Å². The highest BCUT2D eigenvalue weighted by Crippen LogP contribution is 2.36. The highest BCUT2D eigenvalue weighted by molar-refractivity contribution is 6.00. The first-order valence-corrected chi connectivity index (χ1v) is 5.95. The second-order valence-corrected chi connectivity index (χ2v) is 4.51. The van der Waals surface area contributed by atoms with E-state index in [2.05, 4.69) is 0 Å². The Bertz CT molecular complexity index is 648. The summed E-state index contributed by atoms with van der Waals surface area (Å²) in [5.41, 5.74) is 1.16. The number of hydrogen-bond donors (Lipinski definition) is 2. The Kier molecular flexibility index (Phi) is 2.63. The molecule has 0 saturated carbocycles. The number of aromatic hydroxyl groups is 2. The van der Waals surface area contributed by atoms with Crippen LogP contribution in [0.15, 0.2) is 42.5 Å². The van der Waals surface area contributed by atoms with Crippen molar-refractivity contribution < 1.29 is 19.7 Å². The summed E-state index contributed by atoms with van der Waals surface area (Å²) in [4.78, 5) is 12.1. The van der Waals surface area contributed by atoms with Crippen LogP contribution in [-0.2, 0) is 0 Å². The maximum Gasteiger partial charge on any atom is 0.170 e. The minimum Gasteiger partial charge on any atom is -0.508 e. The fraction of sp³-hybridized carbons (Fsp3) is 0.133. The molecule has 1 unspecified atom stereocenters. The van der Waals surface area contributed by atoms with Crippen molar-refractivity contribution in [2.45, 2.75) is 12.5 Å². The number of carbonyl (C=O) groups excluding carboxylic acids is 1. The van der Waals surface area contributed by atoms with Crippen LogP contribution in [0.3, 0.4) is 0 Å². The molecule has 4 nitrogen and oxygen atoms in total. The van der Waals surface area contributed by atoms with E-state index >= 15 is 0 Å². The molecule has 0 bridgehead atoms. The number of rotatable bonds is 1. The van der Waals surface area contributed by atoms with Crippen LogP contribution in [0.5, 0.6) is 17.2 Å². The SMILES string of the molecule is O=C1CC(c2cccc(O)c2)Oc2ccc(O)cc21. The lowest BCUT2D eigenvalue weighted by Crippen LogP contribution is -2.20. The van der Waals surface area contributed by atoms with Crippen LogP contribution in [0, 0.1) is 0 Å². The summed E-state index contributed by atoms with van der Waals surface area (Å²) in [6.07, 6.45) is -0.212. The number of Topliss-reactive ketones (excluding diaryl/α,β-unsaturated/α-hetero) is 1. The Morgan fingerprint density at radius 2 is 1.84 bits per heavy atom. The normalized spacial score (nSPS) is 17.7. The van der Waals surface area contributed by atoms with Crippen molar-refractivity contribution in [3.8, 4) is 17.2 Å². The Morgan fingerprint density at radius 1 is 1.05 bits per heavy atom. The van der Waals surface area contributed by atoms with E-state index in [4.69, 9.17) is 4.74 Å². The average Bonchev–Trinajstić information content (AvgIpc) is 2.39. The predicted molar refractivity (Wildman–Crippen MR) is 68.5 cm³/mol. The van der Waals surface area contributed by atoms with Crippen molar-refractivity contribution >= 4 is 5.78 Å². The van der Waals surface area contributed by atoms with Crippen LogP contribution in [-0.4, -0.2) is 16.0 Å². The first-order chi connectivity index (χ1) is 9.13. The molecule has 1 atom stereocenters. The summed E-state index contributed by atoms with van der Waals surface area (Å²) in [5, 5.41) is 18.9. The van der Waals surface area contributed by atoms with Crippen LogP contribution >= 0.6 is 0 Å². The summed E-state index contributed by atoms with van der Waals surface area (Å²) < 4.78 is 5.76. The molecule has 1 heterocycles. The van der Waals surface area contributed by atoms with Gasteiger partial charge in [0, 0.05) is 0 Å². The minimum atomic E-state index is -0.406. The molecule has 96 valence electrons. The maximum atomic E-state index is 12.1. The lowest BCUT2D eigenvalue weighted by atomic mass is 9.96. The van der Waals surface area contributed by atoms with Crippen molar-refractivity contribution in [2.75, 3.05) is 0 Å². The van der Waals surface area contributed by atoms with Crippen LogP contribution in [0.4, 0.5) is 0 Å². The molecule has 2 aromatic carbocycles. The van der Waals surface area contributed by atoms with E-state index in [1.807, 2.05) is 6.07 Å². The maximum absolute atomic E-state index is 12.1. The van der Waals surface area contributed by atoms with Crippen LogP contribution in [0.25, 0.3) is 0 Å². The van der Waals surface area contributed by atoms with E-state index in [-0.39, 0.29) is 23.7 Å². The van der Waals surface area contributed by atoms with Gasteiger partial charge in [-0.3, -0.25) is 4.79 Å². The molecule has 0 fully saturated rings. The second kappa shape index (κ2) is 4.31. The quantitative estimate of drug-likeness (QED) is 0.823. The molecule has 3 rings (SSSR count). The Labute approximate surface area is 109 Å². The summed E-state index contributed by atoms with van der Waals surface area (Å²) in [6, 6.07) is 11.2. The van der Waals surface area contributed by atoms with Gasteiger partial charge >= 0.3 is 0 Å². The molecule has 0 aromatic heterocycles. The number of ketones is 1. The summed E-state index contributed by atoms with van der Waals surface area (Å²) in [7, 11) is 0. The van der Waals surface area contributed by atoms with E-state index in [9.17, 15) is 15.0 Å². The standard InChI is InChI=1S/C15H12O4/c16-10-3-1-2-9(6-10)15-8-13(18)12-7-11(17)4-5-14(12)19-15/h1-7,15-17H,8H2. The molecule has 4 heteroatoms. The van der Waals surface area contributed by atoms with Gasteiger partial charge in [-0.2, -0.15) is 0 Å². The number of phenolic OH excluding ortho intramolecular Hbond substituents is 2. The van der Waals surface area contributed by atoms with E-state index in [1.165, 1.54) is 12.1 Å². The topological polar surface area (TPSA) is 66.8 Å². The predicted octanol–water partition coefficient (Wildman–Crippen LogP) is 2.80. The van der Waals surface area contributed by atoms with E-state index in [1.54, 1.807) is 24.3 Å². The molecule has 0 radical (unpaired) electrons. The van der Waals surface area contributed by atoms with E-state index in [0.29, 0.717) is 11.3 Å². The third-order valence-electron chi connectivity index (χ3n) is 3.15. The van der Waals surface area contributed by atoms with E-state index < -0.39 is 6.10 Å². The van der Waals surface area contributed by atoms with Crippen molar-refractivity contribution in [3.05, 3.63) is 53.6 Å². The Hall–Kier alpha value is -2.49. The highest BCUT2D eigenvalue weighted by atomic mass is 16.5. The molecule has 0 amide bonds. The number of benzene rings is 2. The molecule has 0 aliphatic carbocycles. The van der Waals surface area contributed by atoms with Gasteiger partial charge in [0.05, 0.1) is 12.0 Å². The molecule has 0 spiro atoms. The Balaban J connectivity index is 1.97. The van der Waals surface area contributed by atoms with Gasteiger partial charge in [-0.25, -0.2) is 0 Å². The molecule has 2 N–H and O–H groups in total. The monoisotopic (exact) mass is 256 g/mol. The largest absolute Gasteiger partial charge is 0.508 e. The number of hydrogen-bond acceptors (Lipinski definition) is 4. The summed E-state index contributed by atoms with van der Waals surface area (Å²) in [6.45, 7) is 0. The van der Waals surface area contributed by atoms with Gasteiger partial charge < -0.3 is 14.9 Å².